The molecule has 2 aromatic rings. The molecule has 0 aliphatic heterocycles. The van der Waals surface area contributed by atoms with Crippen LogP contribution in [0.3, 0.4) is 0 Å². The molecular weight excluding hydrogens is 316 g/mol. The summed E-state index contributed by atoms with van der Waals surface area (Å²) in [6.07, 6.45) is 1.48. The highest BCUT2D eigenvalue weighted by Crippen LogP contribution is 2.28. The number of hydrogen-bond acceptors (Lipinski definition) is 3. The Morgan fingerprint density at radius 2 is 2.27 bits per heavy atom. The van der Waals surface area contributed by atoms with Gasteiger partial charge in [-0.2, -0.15) is 10.2 Å². The summed E-state index contributed by atoms with van der Waals surface area (Å²) in [7, 11) is 0. The van der Waals surface area contributed by atoms with Gasteiger partial charge in [0.15, 0.2) is 0 Å². The molecule has 0 spiro atoms. The monoisotopic (exact) mass is 331 g/mol. The third kappa shape index (κ3) is 4.03. The number of nitrogens with zero attached hydrogens (tertiary/aromatic N) is 4. The number of carbonyl (C=O) groups excluding carboxylic acids is 1. The van der Waals surface area contributed by atoms with E-state index in [4.69, 9.17) is 11.6 Å². The van der Waals surface area contributed by atoms with Crippen molar-refractivity contribution in [3.63, 3.8) is 0 Å². The van der Waals surface area contributed by atoms with Crippen LogP contribution < -0.4 is 5.32 Å². The molecule has 0 aliphatic rings. The Balaban J connectivity index is 1.80. The van der Waals surface area contributed by atoms with E-state index >= 15 is 0 Å². The number of carbonyl (C=O) groups is 1. The molecule has 0 radical (unpaired) electrons. The third-order valence-electron chi connectivity index (χ3n) is 3.10. The summed E-state index contributed by atoms with van der Waals surface area (Å²) in [4.78, 5) is 11.8. The standard InChI is InChI=1S/C13H16ClF2N5O/c1-9-11(14)12(13(15)16)19-21(9)8-10(22)17-4-2-6-20-7-3-5-18-20/h3,5,7,13H,2,4,6,8H2,1H3,(H,17,22). The number of rotatable bonds is 7. The predicted octanol–water partition coefficient (Wildman–Crippen LogP) is 2.19. The van der Waals surface area contributed by atoms with Gasteiger partial charge in [0.1, 0.15) is 12.2 Å². The van der Waals surface area contributed by atoms with Crippen molar-refractivity contribution in [2.75, 3.05) is 6.54 Å². The van der Waals surface area contributed by atoms with E-state index in [0.717, 1.165) is 0 Å². The number of hydrogen-bond donors (Lipinski definition) is 1. The lowest BCUT2D eigenvalue weighted by Gasteiger charge is -2.07. The van der Waals surface area contributed by atoms with Crippen LogP contribution in [0.15, 0.2) is 18.5 Å². The highest BCUT2D eigenvalue weighted by atomic mass is 35.5. The average molecular weight is 332 g/mol. The molecule has 0 saturated heterocycles. The molecule has 0 fully saturated rings. The molecule has 0 bridgehead atoms. The Hall–Kier alpha value is -1.96. The van der Waals surface area contributed by atoms with Crippen molar-refractivity contribution in [3.8, 4) is 0 Å². The molecule has 0 saturated carbocycles. The van der Waals surface area contributed by atoms with Crippen molar-refractivity contribution in [3.05, 3.63) is 34.9 Å². The van der Waals surface area contributed by atoms with Crippen LogP contribution in [0.25, 0.3) is 0 Å². The van der Waals surface area contributed by atoms with Crippen molar-refractivity contribution in [1.29, 1.82) is 0 Å². The Kier molecular flexibility index (Phi) is 5.48. The van der Waals surface area contributed by atoms with Gasteiger partial charge in [-0.1, -0.05) is 11.6 Å². The number of alkyl halides is 2. The molecule has 2 heterocycles. The first-order valence-electron chi connectivity index (χ1n) is 6.74. The summed E-state index contributed by atoms with van der Waals surface area (Å²) in [6.45, 7) is 2.57. The van der Waals surface area contributed by atoms with E-state index in [1.807, 2.05) is 12.3 Å². The molecule has 0 aromatic carbocycles. The van der Waals surface area contributed by atoms with Crippen LogP contribution in [-0.4, -0.2) is 32.0 Å². The van der Waals surface area contributed by atoms with Crippen molar-refractivity contribution in [1.82, 2.24) is 24.9 Å². The normalized spacial score (nSPS) is 11.1. The number of aromatic nitrogens is 4. The maximum Gasteiger partial charge on any atom is 0.283 e. The van der Waals surface area contributed by atoms with Crippen molar-refractivity contribution >= 4 is 17.5 Å². The van der Waals surface area contributed by atoms with E-state index in [2.05, 4.69) is 15.5 Å². The fraction of sp³-hybridized carbons (Fsp3) is 0.462. The van der Waals surface area contributed by atoms with Gasteiger partial charge >= 0.3 is 0 Å². The molecule has 2 rings (SSSR count). The zero-order valence-electron chi connectivity index (χ0n) is 12.0. The first-order chi connectivity index (χ1) is 10.5. The van der Waals surface area contributed by atoms with Crippen LogP contribution >= 0.6 is 11.6 Å². The molecule has 0 aliphatic carbocycles. The van der Waals surface area contributed by atoms with E-state index in [0.29, 0.717) is 25.2 Å². The lowest BCUT2D eigenvalue weighted by molar-refractivity contribution is -0.121. The van der Waals surface area contributed by atoms with Crippen LogP contribution in [-0.2, 0) is 17.9 Å². The van der Waals surface area contributed by atoms with Gasteiger partial charge in [-0.15, -0.1) is 0 Å². The second-order valence-corrected chi connectivity index (χ2v) is 5.09. The molecule has 6 nitrogen and oxygen atoms in total. The van der Waals surface area contributed by atoms with Crippen LogP contribution in [0.1, 0.15) is 24.2 Å². The van der Waals surface area contributed by atoms with Gasteiger partial charge in [-0.05, 0) is 19.4 Å². The number of aryl methyl sites for hydroxylation is 1. The lowest BCUT2D eigenvalue weighted by atomic mass is 10.3. The van der Waals surface area contributed by atoms with Crippen LogP contribution in [0.4, 0.5) is 8.78 Å². The summed E-state index contributed by atoms with van der Waals surface area (Å²) in [6, 6.07) is 1.82. The summed E-state index contributed by atoms with van der Waals surface area (Å²) in [5, 5.41) is 10.3. The van der Waals surface area contributed by atoms with Crippen LogP contribution in [0.5, 0.6) is 0 Å². The molecule has 1 N–H and O–H groups in total. The van der Waals surface area contributed by atoms with Gasteiger partial charge in [0, 0.05) is 25.5 Å². The lowest BCUT2D eigenvalue weighted by Crippen LogP contribution is -2.29. The first-order valence-corrected chi connectivity index (χ1v) is 7.12. The molecule has 1 amide bonds. The third-order valence-corrected chi connectivity index (χ3v) is 3.57. The first kappa shape index (κ1) is 16.4. The fourth-order valence-electron chi connectivity index (χ4n) is 1.93. The second-order valence-electron chi connectivity index (χ2n) is 4.72. The zero-order valence-corrected chi connectivity index (χ0v) is 12.7. The second kappa shape index (κ2) is 7.35. The average Bonchev–Trinajstić information content (AvgIpc) is 3.07. The van der Waals surface area contributed by atoms with Crippen molar-refractivity contribution in [2.45, 2.75) is 32.9 Å². The highest BCUT2D eigenvalue weighted by Gasteiger charge is 2.21. The van der Waals surface area contributed by atoms with Gasteiger partial charge in [-0.3, -0.25) is 14.2 Å². The van der Waals surface area contributed by atoms with E-state index in [1.165, 1.54) is 4.68 Å². The molecule has 0 atom stereocenters. The Morgan fingerprint density at radius 1 is 1.50 bits per heavy atom. The highest BCUT2D eigenvalue weighted by molar-refractivity contribution is 6.31. The number of nitrogens with one attached hydrogen (secondary N) is 1. The fourth-order valence-corrected chi connectivity index (χ4v) is 2.15. The summed E-state index contributed by atoms with van der Waals surface area (Å²) >= 11 is 5.77. The number of amides is 1. The van der Waals surface area contributed by atoms with Gasteiger partial charge in [0.2, 0.25) is 5.91 Å². The van der Waals surface area contributed by atoms with Crippen LogP contribution in [0, 0.1) is 6.92 Å². The molecule has 2 aromatic heterocycles. The van der Waals surface area contributed by atoms with Crippen LogP contribution in [0.2, 0.25) is 5.02 Å². The molecule has 9 heteroatoms. The largest absolute Gasteiger partial charge is 0.354 e. The SMILES string of the molecule is Cc1c(Cl)c(C(F)F)nn1CC(=O)NCCCn1cccn1. The molecule has 0 unspecified atom stereocenters. The van der Waals surface area contributed by atoms with E-state index in [1.54, 1.807) is 17.8 Å². The minimum Gasteiger partial charge on any atom is -0.354 e. The summed E-state index contributed by atoms with van der Waals surface area (Å²) in [5.41, 5.74) is -0.144. The summed E-state index contributed by atoms with van der Waals surface area (Å²) in [5.74, 6) is -0.302. The van der Waals surface area contributed by atoms with Crippen molar-refractivity contribution in [2.24, 2.45) is 0 Å². The Morgan fingerprint density at radius 3 is 2.86 bits per heavy atom. The Labute approximate surface area is 131 Å². The topological polar surface area (TPSA) is 64.7 Å². The van der Waals surface area contributed by atoms with Gasteiger partial charge < -0.3 is 5.32 Å². The molecule has 120 valence electrons. The van der Waals surface area contributed by atoms with Crippen molar-refractivity contribution < 1.29 is 13.6 Å². The summed E-state index contributed by atoms with van der Waals surface area (Å²) < 4.78 is 28.3. The zero-order chi connectivity index (χ0) is 16.1. The minimum absolute atomic E-state index is 0.0958. The van der Waals surface area contributed by atoms with Gasteiger partial charge in [0.05, 0.1) is 10.7 Å². The smallest absolute Gasteiger partial charge is 0.283 e. The predicted molar refractivity (Wildman–Crippen MR) is 76.8 cm³/mol. The molecular formula is C13H16ClF2N5O. The maximum atomic E-state index is 12.7. The van der Waals surface area contributed by atoms with E-state index < -0.39 is 12.1 Å². The van der Waals surface area contributed by atoms with Gasteiger partial charge in [0.25, 0.3) is 6.43 Å². The Bertz CT molecular complexity index is 627. The number of halogens is 3. The maximum absolute atomic E-state index is 12.7. The van der Waals surface area contributed by atoms with Gasteiger partial charge in [-0.25, -0.2) is 8.78 Å². The van der Waals surface area contributed by atoms with E-state index in [9.17, 15) is 13.6 Å². The van der Waals surface area contributed by atoms with E-state index in [-0.39, 0.29) is 17.5 Å². The molecule has 22 heavy (non-hydrogen) atoms. The minimum atomic E-state index is -2.76. The quantitative estimate of drug-likeness (QED) is 0.791.